The summed E-state index contributed by atoms with van der Waals surface area (Å²) >= 11 is 0. The summed E-state index contributed by atoms with van der Waals surface area (Å²) in [5.41, 5.74) is -1.67. The lowest BCUT2D eigenvalue weighted by atomic mass is 9.96. The van der Waals surface area contributed by atoms with E-state index in [0.717, 1.165) is 28.4 Å². The molecule has 0 atom stereocenters. The van der Waals surface area contributed by atoms with Gasteiger partial charge in [-0.25, -0.2) is 0 Å². The highest BCUT2D eigenvalue weighted by atomic mass is 32.2. The van der Waals surface area contributed by atoms with Crippen molar-refractivity contribution in [2.45, 2.75) is 42.9 Å². The summed E-state index contributed by atoms with van der Waals surface area (Å²) in [4.78, 5) is 0. The molecule has 0 aliphatic rings. The van der Waals surface area contributed by atoms with Gasteiger partial charge in [-0.3, -0.25) is 4.18 Å². The van der Waals surface area contributed by atoms with Crippen molar-refractivity contribution < 1.29 is 75.6 Å². The molecular formula is C18H24F6O11S2. The van der Waals surface area contributed by atoms with Crippen molar-refractivity contribution in [3.63, 3.8) is 0 Å². The molecule has 0 radical (unpaired) electrons. The van der Waals surface area contributed by atoms with E-state index >= 15 is 0 Å². The molecule has 19 heteroatoms. The van der Waals surface area contributed by atoms with E-state index in [-0.39, 0.29) is 18.2 Å². The normalized spacial score (nSPS) is 13.7. The molecule has 0 aliphatic heterocycles. The molecule has 0 saturated heterocycles. The third-order valence-electron chi connectivity index (χ3n) is 4.77. The highest BCUT2D eigenvalue weighted by Gasteiger charge is 2.83. The van der Waals surface area contributed by atoms with Gasteiger partial charge in [0.15, 0.2) is 5.75 Å². The van der Waals surface area contributed by atoms with Gasteiger partial charge in [0.25, 0.3) is 0 Å². The summed E-state index contributed by atoms with van der Waals surface area (Å²) in [7, 11) is -9.55. The van der Waals surface area contributed by atoms with Crippen LogP contribution in [0.3, 0.4) is 0 Å². The van der Waals surface area contributed by atoms with Crippen LogP contribution in [0.2, 0.25) is 0 Å². The Kier molecular flexibility index (Phi) is 10.6. The summed E-state index contributed by atoms with van der Waals surface area (Å²) in [5.74, 6) is -8.87. The highest BCUT2D eigenvalue weighted by Crippen LogP contribution is 2.52. The van der Waals surface area contributed by atoms with Gasteiger partial charge in [-0.2, -0.15) is 43.2 Å². The molecule has 216 valence electrons. The number of hydrogen-bond donors (Lipinski definition) is 1. The smallest absolute Gasteiger partial charge is 0.450 e. The maximum absolute atomic E-state index is 14.6. The Morgan fingerprint density at radius 3 is 1.27 bits per heavy atom. The van der Waals surface area contributed by atoms with Crippen molar-refractivity contribution in [2.75, 3.05) is 35.5 Å². The Hall–Kier alpha value is -1.90. The van der Waals surface area contributed by atoms with Gasteiger partial charge >= 0.3 is 36.7 Å². The fourth-order valence-electron chi connectivity index (χ4n) is 2.97. The first-order valence-corrected chi connectivity index (χ1v) is 12.4. The van der Waals surface area contributed by atoms with Gasteiger partial charge in [0.05, 0.1) is 33.5 Å². The molecule has 11 nitrogen and oxygen atoms in total. The maximum Gasteiger partial charge on any atom is 0.450 e. The second kappa shape index (κ2) is 11.9. The fraction of sp³-hybridized carbons (Fsp3) is 0.667. The Morgan fingerprint density at radius 2 is 0.946 bits per heavy atom. The number of phenolic OH excluding ortho intramolecular Hbond substituents is 1. The van der Waals surface area contributed by atoms with Gasteiger partial charge in [-0.15, -0.1) is 0 Å². The number of methoxy groups -OCH3 is 4. The number of hydrogen-bond acceptors (Lipinski definition) is 11. The first kappa shape index (κ1) is 33.1. The van der Waals surface area contributed by atoms with E-state index in [1.54, 1.807) is 0 Å². The van der Waals surface area contributed by atoms with Crippen molar-refractivity contribution in [1.82, 2.24) is 0 Å². The number of halogens is 6. The van der Waals surface area contributed by atoms with Gasteiger partial charge < -0.3 is 28.2 Å². The summed E-state index contributed by atoms with van der Waals surface area (Å²) in [5, 5.41) is -2.90. The fourth-order valence-corrected chi connectivity index (χ4v) is 4.65. The molecule has 1 rings (SSSR count). The van der Waals surface area contributed by atoms with E-state index in [9.17, 15) is 48.3 Å². The molecule has 0 saturated carbocycles. The lowest BCUT2D eigenvalue weighted by Crippen LogP contribution is -2.61. The average molecular weight is 595 g/mol. The molecule has 1 aromatic carbocycles. The Labute approximate surface area is 208 Å². The minimum atomic E-state index is -7.14. The lowest BCUT2D eigenvalue weighted by Gasteiger charge is -2.31. The summed E-state index contributed by atoms with van der Waals surface area (Å²) in [6, 6.07) is 0. The van der Waals surface area contributed by atoms with Crippen molar-refractivity contribution in [1.29, 1.82) is 0 Å². The van der Waals surface area contributed by atoms with Gasteiger partial charge in [0.2, 0.25) is 0 Å². The van der Waals surface area contributed by atoms with Gasteiger partial charge in [0, 0.05) is 50.7 Å². The zero-order chi connectivity index (χ0) is 29.0. The van der Waals surface area contributed by atoms with Gasteiger partial charge in [-0.05, 0) is 0 Å². The Morgan fingerprint density at radius 1 is 0.622 bits per heavy atom. The van der Waals surface area contributed by atoms with Crippen LogP contribution in [-0.2, 0) is 69.8 Å². The number of rotatable bonds is 15. The molecule has 0 amide bonds. The number of ether oxygens (including phenoxy) is 4. The van der Waals surface area contributed by atoms with Crippen LogP contribution >= 0.6 is 0 Å². The predicted octanol–water partition coefficient (Wildman–Crippen LogP) is 2.48. The molecule has 0 bridgehead atoms. The molecule has 0 aromatic heterocycles. The maximum atomic E-state index is 14.6. The third kappa shape index (κ3) is 5.76. The molecule has 0 spiro atoms. The van der Waals surface area contributed by atoms with E-state index in [1.165, 1.54) is 0 Å². The Bertz CT molecular complexity index is 1130. The largest absolute Gasteiger partial charge is 0.507 e. The predicted molar refractivity (Wildman–Crippen MR) is 111 cm³/mol. The Balaban J connectivity index is 4.02. The lowest BCUT2D eigenvalue weighted by molar-refractivity contribution is -0.247. The molecule has 0 heterocycles. The van der Waals surface area contributed by atoms with E-state index in [4.69, 9.17) is 18.9 Å². The van der Waals surface area contributed by atoms with Crippen LogP contribution < -0.4 is 4.18 Å². The number of alkyl halides is 6. The van der Waals surface area contributed by atoms with Gasteiger partial charge in [0.1, 0.15) is 5.75 Å². The number of phenols is 1. The van der Waals surface area contributed by atoms with Crippen molar-refractivity contribution in [2.24, 2.45) is 0 Å². The SMILES string of the molecule is COCc1c(O)c(COC)c(COC)c(OS(=O)(=O)C(F)(F)C(F)(F)C(F)(F)S(=O)(=O)OC)c1COC. The van der Waals surface area contributed by atoms with Crippen LogP contribution in [0, 0.1) is 0 Å². The van der Waals surface area contributed by atoms with Crippen molar-refractivity contribution in [3.8, 4) is 11.5 Å². The minimum absolute atomic E-state index is 0.0262. The number of aromatic hydroxyl groups is 1. The van der Waals surface area contributed by atoms with Crippen molar-refractivity contribution >= 4 is 20.2 Å². The van der Waals surface area contributed by atoms with Crippen LogP contribution in [0.15, 0.2) is 0 Å². The monoisotopic (exact) mass is 594 g/mol. The standard InChI is InChI=1S/C18H24F6O11S2/c1-30-6-10-12(8-32-3)15(13(9-33-4)11(7-31-2)14(10)25)35-37(28,29)18(23,24)16(19,20)17(21,22)36(26,27)34-5/h25H,6-9H2,1-5H3. The van der Waals surface area contributed by atoms with E-state index in [1.807, 2.05) is 0 Å². The van der Waals surface area contributed by atoms with Crippen LogP contribution in [0.4, 0.5) is 26.3 Å². The topological polar surface area (TPSA) is 144 Å². The molecule has 0 fully saturated rings. The summed E-state index contributed by atoms with van der Waals surface area (Å²) < 4.78 is 160. The van der Waals surface area contributed by atoms with E-state index < -0.39 is 85.7 Å². The van der Waals surface area contributed by atoms with Crippen molar-refractivity contribution in [3.05, 3.63) is 22.3 Å². The van der Waals surface area contributed by atoms with E-state index in [0.29, 0.717) is 0 Å². The molecule has 1 aromatic rings. The van der Waals surface area contributed by atoms with Crippen LogP contribution in [-0.4, -0.2) is 73.9 Å². The molecular weight excluding hydrogens is 570 g/mol. The molecule has 1 N–H and O–H groups in total. The van der Waals surface area contributed by atoms with Crippen LogP contribution in [0.5, 0.6) is 11.5 Å². The minimum Gasteiger partial charge on any atom is -0.507 e. The molecule has 37 heavy (non-hydrogen) atoms. The number of benzene rings is 1. The second-order valence-corrected chi connectivity index (χ2v) is 10.4. The van der Waals surface area contributed by atoms with E-state index in [2.05, 4.69) is 8.37 Å². The average Bonchev–Trinajstić information content (AvgIpc) is 2.80. The zero-order valence-electron chi connectivity index (χ0n) is 19.9. The highest BCUT2D eigenvalue weighted by molar-refractivity contribution is 7.89. The zero-order valence-corrected chi connectivity index (χ0v) is 21.6. The first-order chi connectivity index (χ1) is 16.9. The summed E-state index contributed by atoms with van der Waals surface area (Å²) in [6.07, 6.45) is 0. The first-order valence-electron chi connectivity index (χ1n) is 9.58. The molecule has 0 aliphatic carbocycles. The quantitative estimate of drug-likeness (QED) is 0.236. The summed E-state index contributed by atoms with van der Waals surface area (Å²) in [6.45, 7) is -2.45. The van der Waals surface area contributed by atoms with Crippen LogP contribution in [0.1, 0.15) is 22.3 Å². The van der Waals surface area contributed by atoms with Gasteiger partial charge in [-0.1, -0.05) is 0 Å². The second-order valence-electron chi connectivity index (χ2n) is 7.09. The third-order valence-corrected chi connectivity index (χ3v) is 7.37. The molecule has 0 unspecified atom stereocenters. The van der Waals surface area contributed by atoms with Crippen LogP contribution in [0.25, 0.3) is 0 Å².